The van der Waals surface area contributed by atoms with Gasteiger partial charge in [0.05, 0.1) is 0 Å². The zero-order chi connectivity index (χ0) is 10.3. The molecule has 0 atom stereocenters. The molecule has 13 heavy (non-hydrogen) atoms. The fourth-order valence-corrected chi connectivity index (χ4v) is 1.94. The minimum atomic E-state index is -1.12. The molecule has 0 radical (unpaired) electrons. The van der Waals surface area contributed by atoms with E-state index in [9.17, 15) is 0 Å². The Hall–Kier alpha value is -0.0800. The zero-order valence-electron chi connectivity index (χ0n) is 9.21. The van der Waals surface area contributed by atoms with Crippen LogP contribution in [0.25, 0.3) is 0 Å². The lowest BCUT2D eigenvalue weighted by Crippen LogP contribution is -2.18. The first-order chi connectivity index (χ1) is 6.10. The highest BCUT2D eigenvalue weighted by molar-refractivity contribution is 4.74. The molecular weight excluding hydrogens is 164 g/mol. The normalized spacial score (nSPS) is 12.5. The molecule has 0 bridgehead atoms. The van der Waals surface area contributed by atoms with Crippen LogP contribution in [-0.2, 0) is 0 Å². The molecule has 80 valence electrons. The van der Waals surface area contributed by atoms with Crippen molar-refractivity contribution in [1.82, 2.24) is 0 Å². The maximum Gasteiger partial charge on any atom is 0.151 e. The van der Waals surface area contributed by atoms with Crippen molar-refractivity contribution in [3.05, 3.63) is 0 Å². The van der Waals surface area contributed by atoms with E-state index >= 15 is 0 Å². The summed E-state index contributed by atoms with van der Waals surface area (Å²) >= 11 is 0. The predicted molar refractivity (Wildman–Crippen MR) is 55.4 cm³/mol. The summed E-state index contributed by atoms with van der Waals surface area (Å²) in [6.07, 6.45) is 5.02. The first-order valence-electron chi connectivity index (χ1n) is 5.46. The van der Waals surface area contributed by atoms with Crippen LogP contribution in [0.15, 0.2) is 0 Å². The Morgan fingerprint density at radius 3 is 1.77 bits per heavy atom. The summed E-state index contributed by atoms with van der Waals surface area (Å²) in [6.45, 7) is 6.67. The first kappa shape index (κ1) is 12.9. The lowest BCUT2D eigenvalue weighted by molar-refractivity contribution is -0.0484. The van der Waals surface area contributed by atoms with Gasteiger partial charge >= 0.3 is 0 Å². The third-order valence-corrected chi connectivity index (χ3v) is 3.42. The fraction of sp³-hybridized carbons (Fsp3) is 1.00. The van der Waals surface area contributed by atoms with E-state index in [0.29, 0.717) is 11.8 Å². The van der Waals surface area contributed by atoms with Gasteiger partial charge in [-0.25, -0.2) is 0 Å². The maximum atomic E-state index is 8.72. The van der Waals surface area contributed by atoms with Gasteiger partial charge in [-0.15, -0.1) is 0 Å². The molecule has 0 rings (SSSR count). The van der Waals surface area contributed by atoms with Crippen LogP contribution in [0.5, 0.6) is 0 Å². The highest BCUT2D eigenvalue weighted by atomic mass is 16.5. The van der Waals surface area contributed by atoms with Crippen molar-refractivity contribution < 1.29 is 10.2 Å². The quantitative estimate of drug-likeness (QED) is 0.603. The van der Waals surface area contributed by atoms with Crippen LogP contribution in [0.4, 0.5) is 0 Å². The van der Waals surface area contributed by atoms with Gasteiger partial charge in [0.1, 0.15) is 0 Å². The van der Waals surface area contributed by atoms with Crippen LogP contribution in [0.2, 0.25) is 0 Å². The van der Waals surface area contributed by atoms with Crippen molar-refractivity contribution in [2.24, 2.45) is 5.41 Å². The van der Waals surface area contributed by atoms with Gasteiger partial charge in [0.2, 0.25) is 0 Å². The summed E-state index contributed by atoms with van der Waals surface area (Å²) in [7, 11) is 0. The molecule has 0 aromatic carbocycles. The van der Waals surface area contributed by atoms with Gasteiger partial charge in [-0.3, -0.25) is 0 Å². The van der Waals surface area contributed by atoms with Crippen LogP contribution in [-0.4, -0.2) is 16.5 Å². The highest BCUT2D eigenvalue weighted by Gasteiger charge is 2.23. The summed E-state index contributed by atoms with van der Waals surface area (Å²) in [5.41, 5.74) is 0.439. The third kappa shape index (κ3) is 4.63. The van der Waals surface area contributed by atoms with Gasteiger partial charge in [-0.05, 0) is 24.7 Å². The molecule has 2 heteroatoms. The van der Waals surface area contributed by atoms with Crippen LogP contribution in [0, 0.1) is 5.41 Å². The Bertz CT molecular complexity index is 109. The average molecular weight is 188 g/mol. The SMILES string of the molecule is CCC(CC)(CC)CCCC(O)O. The Morgan fingerprint density at radius 1 is 1.00 bits per heavy atom. The molecule has 0 aliphatic rings. The van der Waals surface area contributed by atoms with Crippen molar-refractivity contribution in [1.29, 1.82) is 0 Å². The van der Waals surface area contributed by atoms with Gasteiger partial charge in [0, 0.05) is 0 Å². The molecule has 0 heterocycles. The molecule has 0 aromatic rings. The third-order valence-electron chi connectivity index (χ3n) is 3.42. The molecule has 2 N–H and O–H groups in total. The zero-order valence-corrected chi connectivity index (χ0v) is 9.21. The van der Waals surface area contributed by atoms with Gasteiger partial charge < -0.3 is 10.2 Å². The second kappa shape index (κ2) is 6.39. The molecule has 0 aliphatic carbocycles. The minimum Gasteiger partial charge on any atom is -0.368 e. The molecule has 0 spiro atoms. The lowest BCUT2D eigenvalue weighted by Gasteiger charge is -2.30. The van der Waals surface area contributed by atoms with Crippen molar-refractivity contribution in [2.45, 2.75) is 65.6 Å². The van der Waals surface area contributed by atoms with Gasteiger partial charge in [-0.1, -0.05) is 40.0 Å². The summed E-state index contributed by atoms with van der Waals surface area (Å²) in [6, 6.07) is 0. The van der Waals surface area contributed by atoms with Gasteiger partial charge in [-0.2, -0.15) is 0 Å². The van der Waals surface area contributed by atoms with Crippen molar-refractivity contribution in [3.63, 3.8) is 0 Å². The number of hydrogen-bond donors (Lipinski definition) is 2. The maximum absolute atomic E-state index is 8.72. The first-order valence-corrected chi connectivity index (χ1v) is 5.46. The van der Waals surface area contributed by atoms with E-state index in [0.717, 1.165) is 12.8 Å². The highest BCUT2D eigenvalue weighted by Crippen LogP contribution is 2.35. The van der Waals surface area contributed by atoms with Crippen molar-refractivity contribution in [3.8, 4) is 0 Å². The van der Waals surface area contributed by atoms with Crippen LogP contribution >= 0.6 is 0 Å². The molecule has 0 saturated carbocycles. The Morgan fingerprint density at radius 2 is 1.46 bits per heavy atom. The van der Waals surface area contributed by atoms with Gasteiger partial charge in [0.15, 0.2) is 6.29 Å². The summed E-state index contributed by atoms with van der Waals surface area (Å²) < 4.78 is 0. The molecule has 0 amide bonds. The Kier molecular flexibility index (Phi) is 6.35. The van der Waals surface area contributed by atoms with Crippen LogP contribution < -0.4 is 0 Å². The van der Waals surface area contributed by atoms with Crippen LogP contribution in [0.1, 0.15) is 59.3 Å². The Balaban J connectivity index is 3.81. The molecule has 0 unspecified atom stereocenters. The van der Waals surface area contributed by atoms with E-state index in [1.54, 1.807) is 0 Å². The molecule has 0 aromatic heterocycles. The lowest BCUT2D eigenvalue weighted by atomic mass is 9.76. The topological polar surface area (TPSA) is 40.5 Å². The summed E-state index contributed by atoms with van der Waals surface area (Å²) in [5.74, 6) is 0. The molecule has 0 aliphatic heterocycles. The number of hydrogen-bond acceptors (Lipinski definition) is 2. The minimum absolute atomic E-state index is 0.439. The van der Waals surface area contributed by atoms with E-state index in [1.807, 2.05) is 0 Å². The van der Waals surface area contributed by atoms with Crippen molar-refractivity contribution >= 4 is 0 Å². The second-order valence-electron chi connectivity index (χ2n) is 3.93. The predicted octanol–water partition coefficient (Wildman–Crippen LogP) is 2.68. The number of aliphatic hydroxyl groups is 2. The Labute approximate surface area is 82.0 Å². The van der Waals surface area contributed by atoms with Crippen molar-refractivity contribution in [2.75, 3.05) is 0 Å². The average Bonchev–Trinajstić information content (AvgIpc) is 2.13. The van der Waals surface area contributed by atoms with Crippen LogP contribution in [0.3, 0.4) is 0 Å². The van der Waals surface area contributed by atoms with E-state index in [2.05, 4.69) is 20.8 Å². The molecular formula is C11H24O2. The van der Waals surface area contributed by atoms with E-state index in [4.69, 9.17) is 10.2 Å². The molecule has 0 saturated heterocycles. The molecule has 2 nitrogen and oxygen atoms in total. The molecule has 0 fully saturated rings. The largest absolute Gasteiger partial charge is 0.368 e. The van der Waals surface area contributed by atoms with Gasteiger partial charge in [0.25, 0.3) is 0 Å². The van der Waals surface area contributed by atoms with E-state index in [-0.39, 0.29) is 0 Å². The second-order valence-corrected chi connectivity index (χ2v) is 3.93. The summed E-state index contributed by atoms with van der Waals surface area (Å²) in [4.78, 5) is 0. The van der Waals surface area contributed by atoms with E-state index < -0.39 is 6.29 Å². The number of aliphatic hydroxyl groups excluding tert-OH is 1. The number of rotatable bonds is 7. The standard InChI is InChI=1S/C11H24O2/c1-4-11(5-2,6-3)9-7-8-10(12)13/h10,12-13H,4-9H2,1-3H3. The summed E-state index contributed by atoms with van der Waals surface area (Å²) in [5, 5.41) is 17.4. The van der Waals surface area contributed by atoms with E-state index in [1.165, 1.54) is 19.3 Å². The fourth-order valence-electron chi connectivity index (χ4n) is 1.94. The monoisotopic (exact) mass is 188 g/mol. The smallest absolute Gasteiger partial charge is 0.151 e.